The smallest absolute Gasteiger partial charge is 0.231 e. The lowest BCUT2D eigenvalue weighted by molar-refractivity contribution is 0.0777. The molecule has 0 aromatic carbocycles. The zero-order valence-corrected chi connectivity index (χ0v) is 11.6. The highest BCUT2D eigenvalue weighted by molar-refractivity contribution is 5.33. The SMILES string of the molecule is C=CC1=C(/C=C(\C=C)C(CC)CCCC)OCO1. The second-order valence-corrected chi connectivity index (χ2v) is 4.44. The Bertz CT molecular complexity index is 350. The molecule has 0 saturated heterocycles. The Morgan fingerprint density at radius 2 is 2.00 bits per heavy atom. The van der Waals surface area contributed by atoms with Gasteiger partial charge in [-0.15, -0.1) is 0 Å². The van der Waals surface area contributed by atoms with Crippen molar-refractivity contribution in [2.75, 3.05) is 6.79 Å². The number of rotatable bonds is 8. The molecule has 0 aliphatic carbocycles. The van der Waals surface area contributed by atoms with E-state index in [1.54, 1.807) is 6.08 Å². The minimum Gasteiger partial charge on any atom is -0.454 e. The number of hydrogen-bond acceptors (Lipinski definition) is 2. The summed E-state index contributed by atoms with van der Waals surface area (Å²) in [6, 6.07) is 0. The first kappa shape index (κ1) is 14.6. The van der Waals surface area contributed by atoms with E-state index in [0.717, 1.165) is 17.9 Å². The average molecular weight is 248 g/mol. The van der Waals surface area contributed by atoms with Gasteiger partial charge in [-0.3, -0.25) is 0 Å². The molecule has 0 spiro atoms. The van der Waals surface area contributed by atoms with Gasteiger partial charge in [0.1, 0.15) is 0 Å². The van der Waals surface area contributed by atoms with Gasteiger partial charge in [-0.05, 0) is 36.5 Å². The summed E-state index contributed by atoms with van der Waals surface area (Å²) >= 11 is 0. The fraction of sp³-hybridized carbons (Fsp3) is 0.500. The van der Waals surface area contributed by atoms with E-state index in [9.17, 15) is 0 Å². The Balaban J connectivity index is 2.86. The van der Waals surface area contributed by atoms with E-state index < -0.39 is 0 Å². The summed E-state index contributed by atoms with van der Waals surface area (Å²) in [4.78, 5) is 0. The third kappa shape index (κ3) is 3.80. The van der Waals surface area contributed by atoms with Gasteiger partial charge in [0.2, 0.25) is 6.79 Å². The van der Waals surface area contributed by atoms with Crippen LogP contribution in [-0.4, -0.2) is 6.79 Å². The van der Waals surface area contributed by atoms with Gasteiger partial charge < -0.3 is 9.47 Å². The highest BCUT2D eigenvalue weighted by Gasteiger charge is 2.16. The molecule has 0 amide bonds. The Morgan fingerprint density at radius 1 is 1.28 bits per heavy atom. The van der Waals surface area contributed by atoms with Gasteiger partial charge in [-0.25, -0.2) is 0 Å². The fourth-order valence-corrected chi connectivity index (χ4v) is 2.12. The van der Waals surface area contributed by atoms with Crippen LogP contribution in [-0.2, 0) is 9.47 Å². The van der Waals surface area contributed by atoms with Crippen LogP contribution in [0.3, 0.4) is 0 Å². The molecule has 0 aromatic rings. The predicted molar refractivity (Wildman–Crippen MR) is 75.8 cm³/mol. The summed E-state index contributed by atoms with van der Waals surface area (Å²) in [5.74, 6) is 2.04. The molecule has 0 N–H and O–H groups in total. The van der Waals surface area contributed by atoms with Gasteiger partial charge in [0.15, 0.2) is 11.5 Å². The first-order chi connectivity index (χ1) is 8.76. The predicted octanol–water partition coefficient (Wildman–Crippen LogP) is 4.72. The topological polar surface area (TPSA) is 18.5 Å². The van der Waals surface area contributed by atoms with Crippen molar-refractivity contribution >= 4 is 0 Å². The molecule has 2 nitrogen and oxygen atoms in total. The van der Waals surface area contributed by atoms with Crippen LogP contribution in [0.2, 0.25) is 0 Å². The average Bonchev–Trinajstić information content (AvgIpc) is 2.85. The van der Waals surface area contributed by atoms with Crippen LogP contribution in [0.5, 0.6) is 0 Å². The summed E-state index contributed by atoms with van der Waals surface area (Å²) < 4.78 is 10.8. The van der Waals surface area contributed by atoms with E-state index in [-0.39, 0.29) is 6.79 Å². The lowest BCUT2D eigenvalue weighted by atomic mass is 9.90. The van der Waals surface area contributed by atoms with Crippen LogP contribution >= 0.6 is 0 Å². The van der Waals surface area contributed by atoms with Gasteiger partial charge in [0, 0.05) is 0 Å². The molecule has 0 saturated carbocycles. The number of ether oxygens (including phenoxy) is 2. The molecule has 1 unspecified atom stereocenters. The van der Waals surface area contributed by atoms with Gasteiger partial charge in [0.05, 0.1) is 0 Å². The van der Waals surface area contributed by atoms with E-state index in [1.165, 1.54) is 24.8 Å². The Hall–Kier alpha value is -1.44. The summed E-state index contributed by atoms with van der Waals surface area (Å²) in [6.07, 6.45) is 10.4. The second kappa shape index (κ2) is 7.80. The van der Waals surface area contributed by atoms with Crippen molar-refractivity contribution in [2.45, 2.75) is 39.5 Å². The van der Waals surface area contributed by atoms with Crippen molar-refractivity contribution in [2.24, 2.45) is 5.92 Å². The molecule has 1 rings (SSSR count). The first-order valence-corrected chi connectivity index (χ1v) is 6.73. The van der Waals surface area contributed by atoms with Gasteiger partial charge in [-0.1, -0.05) is 45.9 Å². The Kier molecular flexibility index (Phi) is 6.34. The lowest BCUT2D eigenvalue weighted by Gasteiger charge is -2.16. The summed E-state index contributed by atoms with van der Waals surface area (Å²) in [5.41, 5.74) is 1.23. The van der Waals surface area contributed by atoms with Crippen molar-refractivity contribution in [1.82, 2.24) is 0 Å². The summed E-state index contributed by atoms with van der Waals surface area (Å²) in [5, 5.41) is 0. The highest BCUT2D eigenvalue weighted by Crippen LogP contribution is 2.27. The normalized spacial score (nSPS) is 17.1. The molecule has 1 heterocycles. The Morgan fingerprint density at radius 3 is 2.56 bits per heavy atom. The van der Waals surface area contributed by atoms with Crippen LogP contribution in [0.15, 0.2) is 48.5 Å². The molecule has 1 aliphatic rings. The van der Waals surface area contributed by atoms with Crippen molar-refractivity contribution in [1.29, 1.82) is 0 Å². The molecule has 100 valence electrons. The molecular formula is C16H24O2. The maximum atomic E-state index is 5.45. The standard InChI is InChI=1S/C16H24O2/c1-5-9-10-13(6-2)14(7-3)11-16-15(8-4)17-12-18-16/h7-8,11,13H,3-6,9-10,12H2,1-2H3/b14-11+. The molecule has 18 heavy (non-hydrogen) atoms. The molecular weight excluding hydrogens is 224 g/mol. The highest BCUT2D eigenvalue weighted by atomic mass is 16.7. The molecule has 0 aromatic heterocycles. The van der Waals surface area contributed by atoms with Crippen LogP contribution < -0.4 is 0 Å². The van der Waals surface area contributed by atoms with Crippen LogP contribution in [0.1, 0.15) is 39.5 Å². The minimum absolute atomic E-state index is 0.281. The number of unbranched alkanes of at least 4 members (excludes halogenated alkanes) is 1. The van der Waals surface area contributed by atoms with Crippen molar-refractivity contribution in [3.8, 4) is 0 Å². The van der Waals surface area contributed by atoms with Crippen molar-refractivity contribution < 1.29 is 9.47 Å². The molecule has 0 fully saturated rings. The minimum atomic E-state index is 0.281. The molecule has 2 heteroatoms. The molecule has 1 aliphatic heterocycles. The Labute approximate surface area is 111 Å². The van der Waals surface area contributed by atoms with Crippen LogP contribution in [0.25, 0.3) is 0 Å². The third-order valence-electron chi connectivity index (χ3n) is 3.26. The second-order valence-electron chi connectivity index (χ2n) is 4.44. The van der Waals surface area contributed by atoms with E-state index in [2.05, 4.69) is 27.0 Å². The lowest BCUT2D eigenvalue weighted by Crippen LogP contribution is -2.02. The van der Waals surface area contributed by atoms with E-state index in [0.29, 0.717) is 5.92 Å². The van der Waals surface area contributed by atoms with E-state index in [1.807, 2.05) is 12.2 Å². The first-order valence-electron chi connectivity index (χ1n) is 6.73. The van der Waals surface area contributed by atoms with E-state index in [4.69, 9.17) is 9.47 Å². The molecule has 0 bridgehead atoms. The van der Waals surface area contributed by atoms with Crippen molar-refractivity contribution in [3.63, 3.8) is 0 Å². The van der Waals surface area contributed by atoms with Crippen molar-refractivity contribution in [3.05, 3.63) is 48.5 Å². The third-order valence-corrected chi connectivity index (χ3v) is 3.26. The van der Waals surface area contributed by atoms with E-state index >= 15 is 0 Å². The zero-order chi connectivity index (χ0) is 13.4. The maximum absolute atomic E-state index is 5.45. The van der Waals surface area contributed by atoms with Gasteiger partial charge >= 0.3 is 0 Å². The van der Waals surface area contributed by atoms with Crippen LogP contribution in [0.4, 0.5) is 0 Å². The van der Waals surface area contributed by atoms with Gasteiger partial charge in [-0.2, -0.15) is 0 Å². The van der Waals surface area contributed by atoms with Crippen LogP contribution in [0, 0.1) is 5.92 Å². The summed E-state index contributed by atoms with van der Waals surface area (Å²) in [7, 11) is 0. The summed E-state index contributed by atoms with van der Waals surface area (Å²) in [6.45, 7) is 12.4. The monoisotopic (exact) mass is 248 g/mol. The number of allylic oxidation sites excluding steroid dienone is 4. The maximum Gasteiger partial charge on any atom is 0.231 e. The molecule has 0 radical (unpaired) electrons. The molecule has 1 atom stereocenters. The zero-order valence-electron chi connectivity index (χ0n) is 11.6. The largest absolute Gasteiger partial charge is 0.454 e. The quantitative estimate of drug-likeness (QED) is 0.579. The fourth-order valence-electron chi connectivity index (χ4n) is 2.12. The number of hydrogen-bond donors (Lipinski definition) is 0. The van der Waals surface area contributed by atoms with Gasteiger partial charge in [0.25, 0.3) is 0 Å².